The van der Waals surface area contributed by atoms with Crippen LogP contribution in [0.1, 0.15) is 11.1 Å². The number of thiocarbonyl (C=S) groups is 1. The molecule has 4 N–H and O–H groups in total. The number of rotatable bonds is 4. The third-order valence-electron chi connectivity index (χ3n) is 3.86. The van der Waals surface area contributed by atoms with Crippen LogP contribution in [0.3, 0.4) is 0 Å². The number of aryl methyl sites for hydroxylation is 1. The summed E-state index contributed by atoms with van der Waals surface area (Å²) in [6.45, 7) is 4.15. The van der Waals surface area contributed by atoms with Gasteiger partial charge in [0.1, 0.15) is 0 Å². The van der Waals surface area contributed by atoms with Crippen LogP contribution >= 0.6 is 23.6 Å². The van der Waals surface area contributed by atoms with E-state index in [9.17, 15) is 4.79 Å². The number of hydrogen-bond acceptors (Lipinski definition) is 5. The smallest absolute Gasteiger partial charge is 0.257 e. The molecule has 0 bridgehead atoms. The summed E-state index contributed by atoms with van der Waals surface area (Å²) in [6, 6.07) is 13.8. The highest BCUT2D eigenvalue weighted by Gasteiger charge is 2.07. The molecule has 0 aliphatic carbocycles. The van der Waals surface area contributed by atoms with Crippen molar-refractivity contribution in [1.29, 1.82) is 0 Å². The van der Waals surface area contributed by atoms with Gasteiger partial charge in [0.15, 0.2) is 10.2 Å². The van der Waals surface area contributed by atoms with Gasteiger partial charge in [0.25, 0.3) is 5.91 Å². The van der Waals surface area contributed by atoms with Crippen LogP contribution in [-0.4, -0.2) is 22.5 Å². The molecule has 0 saturated carbocycles. The number of carbonyl (C=O) groups excluding carboxylic acids is 1. The quantitative estimate of drug-likeness (QED) is 0.408. The summed E-state index contributed by atoms with van der Waals surface area (Å²) < 4.78 is 1.08. The molecule has 2 aromatic carbocycles. The number of carbonyl (C=O) groups is 1. The van der Waals surface area contributed by atoms with Crippen molar-refractivity contribution in [3.63, 3.8) is 0 Å². The molecule has 0 unspecified atom stereocenters. The highest BCUT2D eigenvalue weighted by molar-refractivity contribution is 7.80. The first kappa shape index (κ1) is 18.1. The summed E-state index contributed by atoms with van der Waals surface area (Å²) in [5, 5.41) is 7.12. The van der Waals surface area contributed by atoms with Gasteiger partial charge in [-0.3, -0.25) is 15.6 Å². The van der Waals surface area contributed by atoms with E-state index in [0.29, 0.717) is 10.2 Å². The molecule has 0 atom stereocenters. The molecule has 0 aliphatic heterocycles. The molecule has 134 valence electrons. The fraction of sp³-hybridized carbons (Fsp3) is 0.167. The number of thiazole rings is 1. The Morgan fingerprint density at radius 3 is 2.73 bits per heavy atom. The summed E-state index contributed by atoms with van der Waals surface area (Å²) in [5.41, 5.74) is 9.37. The normalized spacial score (nSPS) is 10.4. The molecule has 0 fully saturated rings. The zero-order chi connectivity index (χ0) is 18.5. The van der Waals surface area contributed by atoms with Gasteiger partial charge in [0.2, 0.25) is 0 Å². The van der Waals surface area contributed by atoms with E-state index < -0.39 is 0 Å². The Kier molecular flexibility index (Phi) is 5.65. The van der Waals surface area contributed by atoms with Crippen LogP contribution in [0.5, 0.6) is 0 Å². The zero-order valence-corrected chi connectivity index (χ0v) is 16.1. The Hall–Kier alpha value is -2.71. The lowest BCUT2D eigenvalue weighted by molar-refractivity contribution is -0.119. The monoisotopic (exact) mass is 385 g/mol. The predicted octanol–water partition coefficient (Wildman–Crippen LogP) is 3.34. The van der Waals surface area contributed by atoms with Crippen LogP contribution in [0.15, 0.2) is 42.5 Å². The minimum Gasteiger partial charge on any atom is -0.352 e. The molecule has 26 heavy (non-hydrogen) atoms. The van der Waals surface area contributed by atoms with Crippen molar-refractivity contribution in [1.82, 2.24) is 15.8 Å². The lowest BCUT2D eigenvalue weighted by Gasteiger charge is -2.14. The van der Waals surface area contributed by atoms with Gasteiger partial charge in [-0.2, -0.15) is 0 Å². The number of anilines is 2. The van der Waals surface area contributed by atoms with Crippen LogP contribution in [0, 0.1) is 13.8 Å². The van der Waals surface area contributed by atoms with Crippen LogP contribution in [0.25, 0.3) is 10.2 Å². The Morgan fingerprint density at radius 2 is 1.92 bits per heavy atom. The molecule has 0 radical (unpaired) electrons. The summed E-state index contributed by atoms with van der Waals surface area (Å²) in [7, 11) is 0. The molecule has 0 spiro atoms. The molecule has 1 aromatic heterocycles. The second kappa shape index (κ2) is 8.11. The van der Waals surface area contributed by atoms with E-state index in [1.54, 1.807) is 0 Å². The second-order valence-corrected chi connectivity index (χ2v) is 7.15. The van der Waals surface area contributed by atoms with Gasteiger partial charge >= 0.3 is 0 Å². The van der Waals surface area contributed by atoms with Crippen molar-refractivity contribution in [3.8, 4) is 0 Å². The van der Waals surface area contributed by atoms with Gasteiger partial charge in [0.05, 0.1) is 16.8 Å². The average molecular weight is 386 g/mol. The summed E-state index contributed by atoms with van der Waals surface area (Å²) in [6.07, 6.45) is 0. The SMILES string of the molecule is Cc1cccc(NC(=S)NNC(=O)CNc2nc3ccccc3s2)c1C. The second-order valence-electron chi connectivity index (χ2n) is 5.72. The van der Waals surface area contributed by atoms with E-state index in [1.165, 1.54) is 16.9 Å². The Labute approximate surface area is 161 Å². The lowest BCUT2D eigenvalue weighted by Crippen LogP contribution is -2.46. The Balaban J connectivity index is 1.46. The number of hydrazine groups is 1. The van der Waals surface area contributed by atoms with Crippen LogP contribution < -0.4 is 21.5 Å². The minimum absolute atomic E-state index is 0.0961. The van der Waals surface area contributed by atoms with E-state index in [-0.39, 0.29) is 12.5 Å². The van der Waals surface area contributed by atoms with Crippen molar-refractivity contribution < 1.29 is 4.79 Å². The van der Waals surface area contributed by atoms with Gasteiger partial charge in [-0.05, 0) is 55.4 Å². The van der Waals surface area contributed by atoms with E-state index in [2.05, 4.69) is 26.5 Å². The van der Waals surface area contributed by atoms with Crippen molar-refractivity contribution in [3.05, 3.63) is 53.6 Å². The van der Waals surface area contributed by atoms with E-state index in [1.807, 2.05) is 56.3 Å². The predicted molar refractivity (Wildman–Crippen MR) is 112 cm³/mol. The molecule has 0 aliphatic rings. The van der Waals surface area contributed by atoms with Gasteiger partial charge in [-0.15, -0.1) is 0 Å². The Morgan fingerprint density at radius 1 is 1.12 bits per heavy atom. The number of aromatic nitrogens is 1. The number of nitrogens with one attached hydrogen (secondary N) is 4. The highest BCUT2D eigenvalue weighted by atomic mass is 32.1. The molecular weight excluding hydrogens is 366 g/mol. The maximum atomic E-state index is 12.0. The van der Waals surface area contributed by atoms with E-state index in [4.69, 9.17) is 12.2 Å². The Bertz CT molecular complexity index is 921. The third-order valence-corrected chi connectivity index (χ3v) is 5.06. The topological polar surface area (TPSA) is 78.1 Å². The van der Waals surface area contributed by atoms with Crippen molar-refractivity contribution in [2.75, 3.05) is 17.2 Å². The van der Waals surface area contributed by atoms with Crippen molar-refractivity contribution in [2.24, 2.45) is 0 Å². The number of hydrogen-bond donors (Lipinski definition) is 4. The molecule has 8 heteroatoms. The summed E-state index contributed by atoms with van der Waals surface area (Å²) >= 11 is 6.72. The first-order chi connectivity index (χ1) is 12.5. The van der Waals surface area contributed by atoms with Gasteiger partial charge in [0, 0.05) is 5.69 Å². The largest absolute Gasteiger partial charge is 0.352 e. The highest BCUT2D eigenvalue weighted by Crippen LogP contribution is 2.25. The zero-order valence-electron chi connectivity index (χ0n) is 14.4. The fourth-order valence-corrected chi connectivity index (χ4v) is 3.34. The van der Waals surface area contributed by atoms with Crippen LogP contribution in [0.4, 0.5) is 10.8 Å². The summed E-state index contributed by atoms with van der Waals surface area (Å²) in [4.78, 5) is 16.4. The summed E-state index contributed by atoms with van der Waals surface area (Å²) in [5.74, 6) is -0.241. The molecule has 0 saturated heterocycles. The molecule has 1 heterocycles. The molecule has 3 rings (SSSR count). The van der Waals surface area contributed by atoms with E-state index in [0.717, 1.165) is 21.5 Å². The standard InChI is InChI=1S/C18H19N5OS2/c1-11-6-5-8-13(12(11)2)20-17(25)23-22-16(24)10-19-18-21-14-7-3-4-9-15(14)26-18/h3-9H,10H2,1-2H3,(H,19,21)(H,22,24)(H2,20,23,25). The van der Waals surface area contributed by atoms with Gasteiger partial charge in [-0.25, -0.2) is 4.98 Å². The van der Waals surface area contributed by atoms with Crippen molar-refractivity contribution in [2.45, 2.75) is 13.8 Å². The minimum atomic E-state index is -0.241. The third kappa shape index (κ3) is 4.47. The first-order valence-electron chi connectivity index (χ1n) is 8.04. The maximum absolute atomic E-state index is 12.0. The van der Waals surface area contributed by atoms with Gasteiger partial charge in [-0.1, -0.05) is 35.6 Å². The lowest BCUT2D eigenvalue weighted by atomic mass is 10.1. The number of fused-ring (bicyclic) bond motifs is 1. The van der Waals surface area contributed by atoms with Gasteiger partial charge < -0.3 is 10.6 Å². The van der Waals surface area contributed by atoms with Crippen LogP contribution in [0.2, 0.25) is 0 Å². The van der Waals surface area contributed by atoms with E-state index >= 15 is 0 Å². The first-order valence-corrected chi connectivity index (χ1v) is 9.27. The number of benzene rings is 2. The molecule has 3 aromatic rings. The number of nitrogens with zero attached hydrogens (tertiary/aromatic N) is 1. The van der Waals surface area contributed by atoms with Crippen LogP contribution in [-0.2, 0) is 4.79 Å². The van der Waals surface area contributed by atoms with Crippen molar-refractivity contribution >= 4 is 55.6 Å². The number of para-hydroxylation sites is 1. The fourth-order valence-electron chi connectivity index (χ4n) is 2.31. The average Bonchev–Trinajstić information content (AvgIpc) is 3.05. The number of amides is 1. The maximum Gasteiger partial charge on any atom is 0.257 e. The molecule has 1 amide bonds. The molecule has 6 nitrogen and oxygen atoms in total. The molecular formula is C18H19N5OS2.